The zero-order chi connectivity index (χ0) is 14.8. The van der Waals surface area contributed by atoms with Crippen LogP contribution in [0.25, 0.3) is 0 Å². The highest BCUT2D eigenvalue weighted by molar-refractivity contribution is 9.10. The van der Waals surface area contributed by atoms with E-state index >= 15 is 0 Å². The van der Waals surface area contributed by atoms with Crippen LogP contribution in [0.3, 0.4) is 0 Å². The standard InChI is InChI=1S/C13H18BrClN2O2S/c1-10(17-6-2-3-7-17)9-16-20(18,19)11-4-5-13(15)12(14)8-11/h4-5,8,10,16H,2-3,6-7,9H2,1H3. The first-order chi connectivity index (χ1) is 9.40. The molecule has 0 bridgehead atoms. The van der Waals surface area contributed by atoms with Gasteiger partial charge < -0.3 is 0 Å². The van der Waals surface area contributed by atoms with Crippen molar-refractivity contribution in [3.05, 3.63) is 27.7 Å². The Labute approximate surface area is 133 Å². The molecule has 0 radical (unpaired) electrons. The molecule has 1 heterocycles. The maximum atomic E-state index is 12.2. The van der Waals surface area contributed by atoms with E-state index in [1.807, 2.05) is 6.92 Å². The molecule has 1 aliphatic rings. The van der Waals surface area contributed by atoms with Gasteiger partial charge in [-0.2, -0.15) is 0 Å². The molecule has 4 nitrogen and oxygen atoms in total. The molecule has 0 saturated carbocycles. The molecule has 1 unspecified atom stereocenters. The SMILES string of the molecule is CC(CNS(=O)(=O)c1ccc(Cl)c(Br)c1)N1CCCC1. The summed E-state index contributed by atoms with van der Waals surface area (Å²) in [6.45, 7) is 4.57. The van der Waals surface area contributed by atoms with Gasteiger partial charge in [-0.1, -0.05) is 11.6 Å². The Bertz CT molecular complexity index is 574. The Morgan fingerprint density at radius 3 is 2.65 bits per heavy atom. The number of nitrogens with one attached hydrogen (secondary N) is 1. The molecule has 1 saturated heterocycles. The van der Waals surface area contributed by atoms with Crippen LogP contribution >= 0.6 is 27.5 Å². The van der Waals surface area contributed by atoms with Crippen LogP contribution in [-0.2, 0) is 10.0 Å². The summed E-state index contributed by atoms with van der Waals surface area (Å²) in [6, 6.07) is 4.81. The summed E-state index contributed by atoms with van der Waals surface area (Å²) < 4.78 is 27.7. The highest BCUT2D eigenvalue weighted by Crippen LogP contribution is 2.25. The van der Waals surface area contributed by atoms with Crippen LogP contribution in [0.4, 0.5) is 0 Å². The Morgan fingerprint density at radius 1 is 1.40 bits per heavy atom. The van der Waals surface area contributed by atoms with E-state index in [0.717, 1.165) is 13.1 Å². The van der Waals surface area contributed by atoms with Crippen LogP contribution in [0.1, 0.15) is 19.8 Å². The molecule has 1 N–H and O–H groups in total. The number of nitrogens with zero attached hydrogens (tertiary/aromatic N) is 1. The molecule has 112 valence electrons. The van der Waals surface area contributed by atoms with E-state index in [9.17, 15) is 8.42 Å². The van der Waals surface area contributed by atoms with Crippen molar-refractivity contribution in [1.29, 1.82) is 0 Å². The minimum Gasteiger partial charge on any atom is -0.299 e. The number of likely N-dealkylation sites (tertiary alicyclic amines) is 1. The monoisotopic (exact) mass is 380 g/mol. The molecule has 1 aromatic carbocycles. The highest BCUT2D eigenvalue weighted by atomic mass is 79.9. The fourth-order valence-electron chi connectivity index (χ4n) is 2.27. The second-order valence-electron chi connectivity index (χ2n) is 5.02. The largest absolute Gasteiger partial charge is 0.299 e. The Morgan fingerprint density at radius 2 is 2.05 bits per heavy atom. The zero-order valence-corrected chi connectivity index (χ0v) is 14.4. The quantitative estimate of drug-likeness (QED) is 0.853. The van der Waals surface area contributed by atoms with Crippen molar-refractivity contribution in [2.75, 3.05) is 19.6 Å². The average Bonchev–Trinajstić information content (AvgIpc) is 2.93. The van der Waals surface area contributed by atoms with Gasteiger partial charge in [-0.25, -0.2) is 13.1 Å². The summed E-state index contributed by atoms with van der Waals surface area (Å²) in [6.07, 6.45) is 2.39. The first kappa shape index (κ1) is 16.2. The van der Waals surface area contributed by atoms with Gasteiger partial charge in [-0.3, -0.25) is 4.90 Å². The number of hydrogen-bond acceptors (Lipinski definition) is 3. The Balaban J connectivity index is 2.01. The lowest BCUT2D eigenvalue weighted by Crippen LogP contribution is -2.40. The summed E-state index contributed by atoms with van der Waals surface area (Å²) >= 11 is 9.12. The Kier molecular flexibility index (Phi) is 5.48. The third-order valence-corrected chi connectivity index (χ3v) is 6.17. The molecular weight excluding hydrogens is 364 g/mol. The minimum atomic E-state index is -3.49. The second kappa shape index (κ2) is 6.75. The van der Waals surface area contributed by atoms with E-state index < -0.39 is 10.0 Å². The van der Waals surface area contributed by atoms with Crippen molar-refractivity contribution in [3.63, 3.8) is 0 Å². The molecular formula is C13H18BrClN2O2S. The fraction of sp³-hybridized carbons (Fsp3) is 0.538. The smallest absolute Gasteiger partial charge is 0.240 e. The number of hydrogen-bond donors (Lipinski definition) is 1. The first-order valence-electron chi connectivity index (χ1n) is 6.59. The molecule has 1 fully saturated rings. The molecule has 0 amide bonds. The topological polar surface area (TPSA) is 49.4 Å². The van der Waals surface area contributed by atoms with E-state index in [1.54, 1.807) is 6.07 Å². The van der Waals surface area contributed by atoms with Crippen LogP contribution in [0, 0.1) is 0 Å². The normalized spacial score (nSPS) is 18.4. The third-order valence-electron chi connectivity index (χ3n) is 3.53. The maximum Gasteiger partial charge on any atom is 0.240 e. The fourth-order valence-corrected chi connectivity index (χ4v) is 4.06. The third kappa shape index (κ3) is 3.95. The first-order valence-corrected chi connectivity index (χ1v) is 9.24. The van der Waals surface area contributed by atoms with Crippen molar-refractivity contribution in [3.8, 4) is 0 Å². The lowest BCUT2D eigenvalue weighted by molar-refractivity contribution is 0.260. The van der Waals surface area contributed by atoms with Crippen LogP contribution in [0.5, 0.6) is 0 Å². The van der Waals surface area contributed by atoms with Gasteiger partial charge in [0.1, 0.15) is 0 Å². The van der Waals surface area contributed by atoms with E-state index in [0.29, 0.717) is 16.0 Å². The van der Waals surface area contributed by atoms with E-state index in [1.165, 1.54) is 25.0 Å². The lowest BCUT2D eigenvalue weighted by Gasteiger charge is -2.23. The maximum absolute atomic E-state index is 12.2. The zero-order valence-electron chi connectivity index (χ0n) is 11.3. The molecule has 1 atom stereocenters. The number of rotatable bonds is 5. The van der Waals surface area contributed by atoms with E-state index in [2.05, 4.69) is 25.6 Å². The van der Waals surface area contributed by atoms with Gasteiger partial charge in [0.25, 0.3) is 0 Å². The number of benzene rings is 1. The van der Waals surface area contributed by atoms with Crippen molar-refractivity contribution in [2.45, 2.75) is 30.7 Å². The van der Waals surface area contributed by atoms with Crippen molar-refractivity contribution in [1.82, 2.24) is 9.62 Å². The number of sulfonamides is 1. The van der Waals surface area contributed by atoms with Crippen molar-refractivity contribution >= 4 is 37.6 Å². The number of halogens is 2. The van der Waals surface area contributed by atoms with Gasteiger partial charge >= 0.3 is 0 Å². The van der Waals surface area contributed by atoms with Crippen molar-refractivity contribution < 1.29 is 8.42 Å². The van der Waals surface area contributed by atoms with Gasteiger partial charge in [0, 0.05) is 17.1 Å². The highest BCUT2D eigenvalue weighted by Gasteiger charge is 2.21. The van der Waals surface area contributed by atoms with Gasteiger partial charge in [0.05, 0.1) is 9.92 Å². The minimum absolute atomic E-state index is 0.211. The van der Waals surface area contributed by atoms with Gasteiger partial charge in [0.2, 0.25) is 10.0 Å². The molecule has 0 aliphatic carbocycles. The summed E-state index contributed by atoms with van der Waals surface area (Å²) in [7, 11) is -3.49. The van der Waals surface area contributed by atoms with Gasteiger partial charge in [-0.05, 0) is 67.0 Å². The molecule has 0 aromatic heterocycles. The summed E-state index contributed by atoms with van der Waals surface area (Å²) in [4.78, 5) is 2.53. The summed E-state index contributed by atoms with van der Waals surface area (Å²) in [5.41, 5.74) is 0. The Hall–Kier alpha value is -0.140. The van der Waals surface area contributed by atoms with Crippen LogP contribution in [0.2, 0.25) is 5.02 Å². The van der Waals surface area contributed by atoms with Crippen LogP contribution in [0.15, 0.2) is 27.6 Å². The molecule has 1 aromatic rings. The predicted octanol–water partition coefficient (Wildman–Crippen LogP) is 2.87. The predicted molar refractivity (Wildman–Crippen MR) is 84.6 cm³/mol. The molecule has 2 rings (SSSR count). The second-order valence-corrected chi connectivity index (χ2v) is 8.05. The molecule has 0 spiro atoms. The average molecular weight is 382 g/mol. The molecule has 7 heteroatoms. The summed E-state index contributed by atoms with van der Waals surface area (Å²) in [5.74, 6) is 0. The van der Waals surface area contributed by atoms with Gasteiger partial charge in [0.15, 0.2) is 0 Å². The van der Waals surface area contributed by atoms with Crippen LogP contribution in [-0.4, -0.2) is 39.0 Å². The van der Waals surface area contributed by atoms with E-state index in [4.69, 9.17) is 11.6 Å². The molecule has 20 heavy (non-hydrogen) atoms. The molecule has 1 aliphatic heterocycles. The van der Waals surface area contributed by atoms with Gasteiger partial charge in [-0.15, -0.1) is 0 Å². The lowest BCUT2D eigenvalue weighted by atomic mass is 10.3. The van der Waals surface area contributed by atoms with Crippen molar-refractivity contribution in [2.24, 2.45) is 0 Å². The van der Waals surface area contributed by atoms with Crippen LogP contribution < -0.4 is 4.72 Å². The van der Waals surface area contributed by atoms with E-state index in [-0.39, 0.29) is 10.9 Å². The summed E-state index contributed by atoms with van der Waals surface area (Å²) in [5, 5.41) is 0.495.